The van der Waals surface area contributed by atoms with Crippen LogP contribution in [0.3, 0.4) is 0 Å². The molecular formula is C14H16N2O. The van der Waals surface area contributed by atoms with Gasteiger partial charge >= 0.3 is 0 Å². The lowest BCUT2D eigenvalue weighted by Crippen LogP contribution is -2.00. The van der Waals surface area contributed by atoms with Crippen molar-refractivity contribution in [1.82, 2.24) is 4.98 Å². The zero-order chi connectivity index (χ0) is 11.8. The van der Waals surface area contributed by atoms with Crippen molar-refractivity contribution in [3.8, 4) is 5.75 Å². The van der Waals surface area contributed by atoms with Crippen molar-refractivity contribution >= 4 is 16.5 Å². The standard InChI is InChI=1S/C14H16N2O/c1-9-6-11-12(7-16-9)13(15)4-5-14(11)17-8-10-2-3-10/h4-7,10H,2-3,8,15H2,1H3. The predicted octanol–water partition coefficient (Wildman–Crippen LogP) is 2.91. The summed E-state index contributed by atoms with van der Waals surface area (Å²) in [7, 11) is 0. The summed E-state index contributed by atoms with van der Waals surface area (Å²) in [6.07, 6.45) is 4.42. The highest BCUT2D eigenvalue weighted by Crippen LogP contribution is 2.33. The highest BCUT2D eigenvalue weighted by atomic mass is 16.5. The molecule has 2 N–H and O–H groups in total. The van der Waals surface area contributed by atoms with Crippen molar-refractivity contribution in [2.45, 2.75) is 19.8 Å². The van der Waals surface area contributed by atoms with Crippen LogP contribution in [0, 0.1) is 12.8 Å². The van der Waals surface area contributed by atoms with E-state index in [1.54, 1.807) is 0 Å². The van der Waals surface area contributed by atoms with Crippen molar-refractivity contribution in [3.05, 3.63) is 30.1 Å². The minimum absolute atomic E-state index is 0.755. The average Bonchev–Trinajstić information content (AvgIpc) is 3.12. The molecule has 0 amide bonds. The van der Waals surface area contributed by atoms with Crippen molar-refractivity contribution < 1.29 is 4.74 Å². The van der Waals surface area contributed by atoms with Gasteiger partial charge in [-0.25, -0.2) is 0 Å². The molecule has 1 aliphatic rings. The summed E-state index contributed by atoms with van der Waals surface area (Å²) in [6, 6.07) is 5.88. The number of hydrogen-bond donors (Lipinski definition) is 1. The largest absolute Gasteiger partial charge is 0.493 e. The van der Waals surface area contributed by atoms with Crippen LogP contribution in [0.5, 0.6) is 5.75 Å². The van der Waals surface area contributed by atoms with Gasteiger partial charge in [-0.05, 0) is 43.9 Å². The first-order chi connectivity index (χ1) is 8.24. The van der Waals surface area contributed by atoms with E-state index in [1.807, 2.05) is 31.3 Å². The van der Waals surface area contributed by atoms with E-state index in [9.17, 15) is 0 Å². The molecule has 0 radical (unpaired) electrons. The van der Waals surface area contributed by atoms with Crippen LogP contribution in [0.4, 0.5) is 5.69 Å². The van der Waals surface area contributed by atoms with Crippen LogP contribution in [0.15, 0.2) is 24.4 Å². The minimum atomic E-state index is 0.755. The van der Waals surface area contributed by atoms with E-state index in [0.29, 0.717) is 0 Å². The molecule has 0 saturated heterocycles. The van der Waals surface area contributed by atoms with Gasteiger partial charge in [0, 0.05) is 28.4 Å². The molecule has 1 aliphatic carbocycles. The van der Waals surface area contributed by atoms with E-state index in [-0.39, 0.29) is 0 Å². The summed E-state index contributed by atoms with van der Waals surface area (Å²) in [4.78, 5) is 4.28. The first kappa shape index (κ1) is 10.4. The lowest BCUT2D eigenvalue weighted by Gasteiger charge is -2.10. The summed E-state index contributed by atoms with van der Waals surface area (Å²) in [5.41, 5.74) is 7.69. The molecule has 1 heterocycles. The number of nitrogen functional groups attached to an aromatic ring is 1. The molecule has 0 bridgehead atoms. The number of fused-ring (bicyclic) bond motifs is 1. The second-order valence-corrected chi connectivity index (χ2v) is 4.78. The van der Waals surface area contributed by atoms with Gasteiger partial charge in [0.1, 0.15) is 5.75 Å². The third kappa shape index (κ3) is 2.05. The van der Waals surface area contributed by atoms with Gasteiger partial charge in [0.05, 0.1) is 6.61 Å². The molecule has 1 aromatic heterocycles. The van der Waals surface area contributed by atoms with Gasteiger partial charge in [0.25, 0.3) is 0 Å². The molecule has 1 saturated carbocycles. The molecule has 3 heteroatoms. The Bertz CT molecular complexity index is 561. The maximum Gasteiger partial charge on any atom is 0.127 e. The number of rotatable bonds is 3. The molecular weight excluding hydrogens is 212 g/mol. The van der Waals surface area contributed by atoms with Crippen LogP contribution < -0.4 is 10.5 Å². The SMILES string of the molecule is Cc1cc2c(OCC3CC3)ccc(N)c2cn1. The van der Waals surface area contributed by atoms with Crippen molar-refractivity contribution in [2.24, 2.45) is 5.92 Å². The van der Waals surface area contributed by atoms with E-state index < -0.39 is 0 Å². The maximum absolute atomic E-state index is 5.95. The number of anilines is 1. The topological polar surface area (TPSA) is 48.1 Å². The Kier molecular flexibility index (Phi) is 2.39. The number of aromatic nitrogens is 1. The molecule has 1 fully saturated rings. The Morgan fingerprint density at radius 3 is 2.94 bits per heavy atom. The van der Waals surface area contributed by atoms with Gasteiger partial charge in [-0.1, -0.05) is 0 Å². The Morgan fingerprint density at radius 2 is 2.18 bits per heavy atom. The third-order valence-corrected chi connectivity index (χ3v) is 3.20. The van der Waals surface area contributed by atoms with Crippen LogP contribution >= 0.6 is 0 Å². The van der Waals surface area contributed by atoms with Crippen molar-refractivity contribution in [2.75, 3.05) is 12.3 Å². The summed E-state index contributed by atoms with van der Waals surface area (Å²) in [5, 5.41) is 2.04. The van der Waals surface area contributed by atoms with Crippen LogP contribution in [0.2, 0.25) is 0 Å². The summed E-state index contributed by atoms with van der Waals surface area (Å²) in [6.45, 7) is 2.80. The monoisotopic (exact) mass is 228 g/mol. The second-order valence-electron chi connectivity index (χ2n) is 4.78. The van der Waals surface area contributed by atoms with Crippen LogP contribution in [-0.2, 0) is 0 Å². The Morgan fingerprint density at radius 1 is 1.35 bits per heavy atom. The van der Waals surface area contributed by atoms with E-state index in [0.717, 1.165) is 40.4 Å². The van der Waals surface area contributed by atoms with E-state index >= 15 is 0 Å². The van der Waals surface area contributed by atoms with Gasteiger partial charge in [-0.15, -0.1) is 0 Å². The lowest BCUT2D eigenvalue weighted by molar-refractivity contribution is 0.303. The fourth-order valence-electron chi connectivity index (χ4n) is 1.96. The smallest absolute Gasteiger partial charge is 0.127 e. The van der Waals surface area contributed by atoms with Gasteiger partial charge < -0.3 is 10.5 Å². The van der Waals surface area contributed by atoms with Crippen molar-refractivity contribution in [3.63, 3.8) is 0 Å². The zero-order valence-corrected chi connectivity index (χ0v) is 9.94. The molecule has 1 aromatic carbocycles. The maximum atomic E-state index is 5.95. The minimum Gasteiger partial charge on any atom is -0.493 e. The molecule has 0 spiro atoms. The zero-order valence-electron chi connectivity index (χ0n) is 9.94. The number of aryl methyl sites for hydroxylation is 1. The fraction of sp³-hybridized carbons (Fsp3) is 0.357. The number of ether oxygens (including phenoxy) is 1. The van der Waals surface area contributed by atoms with Crippen molar-refractivity contribution in [1.29, 1.82) is 0 Å². The normalized spacial score (nSPS) is 15.1. The van der Waals surface area contributed by atoms with Crippen LogP contribution in [0.25, 0.3) is 10.8 Å². The average molecular weight is 228 g/mol. The third-order valence-electron chi connectivity index (χ3n) is 3.20. The number of hydrogen-bond acceptors (Lipinski definition) is 3. The highest BCUT2D eigenvalue weighted by Gasteiger charge is 2.22. The molecule has 0 unspecified atom stereocenters. The number of nitrogens with two attached hydrogens (primary N) is 1. The van der Waals surface area contributed by atoms with Gasteiger partial charge in [-0.2, -0.15) is 0 Å². The van der Waals surface area contributed by atoms with Gasteiger partial charge in [-0.3, -0.25) is 4.98 Å². The highest BCUT2D eigenvalue weighted by molar-refractivity contribution is 5.96. The second kappa shape index (κ2) is 3.91. The quantitative estimate of drug-likeness (QED) is 0.822. The molecule has 17 heavy (non-hydrogen) atoms. The van der Waals surface area contributed by atoms with Gasteiger partial charge in [0.2, 0.25) is 0 Å². The molecule has 2 aromatic rings. The number of benzene rings is 1. The first-order valence-corrected chi connectivity index (χ1v) is 6.01. The van der Waals surface area contributed by atoms with Gasteiger partial charge in [0.15, 0.2) is 0 Å². The Balaban J connectivity index is 2.03. The van der Waals surface area contributed by atoms with Crippen LogP contribution in [0.1, 0.15) is 18.5 Å². The predicted molar refractivity (Wildman–Crippen MR) is 69.1 cm³/mol. The van der Waals surface area contributed by atoms with E-state index in [2.05, 4.69) is 4.98 Å². The summed E-state index contributed by atoms with van der Waals surface area (Å²) >= 11 is 0. The number of pyridine rings is 1. The Hall–Kier alpha value is -1.77. The summed E-state index contributed by atoms with van der Waals surface area (Å²) < 4.78 is 5.87. The fourth-order valence-corrected chi connectivity index (χ4v) is 1.96. The van der Waals surface area contributed by atoms with E-state index in [1.165, 1.54) is 12.8 Å². The molecule has 3 nitrogen and oxygen atoms in total. The summed E-state index contributed by atoms with van der Waals surface area (Å²) in [5.74, 6) is 1.68. The first-order valence-electron chi connectivity index (χ1n) is 6.01. The number of nitrogens with zero attached hydrogens (tertiary/aromatic N) is 1. The molecule has 88 valence electrons. The Labute approximate surface area is 101 Å². The molecule has 0 atom stereocenters. The lowest BCUT2D eigenvalue weighted by atomic mass is 10.1. The van der Waals surface area contributed by atoms with E-state index in [4.69, 9.17) is 10.5 Å². The van der Waals surface area contributed by atoms with Crippen LogP contribution in [-0.4, -0.2) is 11.6 Å². The molecule has 3 rings (SSSR count). The molecule has 0 aliphatic heterocycles.